The second-order valence-corrected chi connectivity index (χ2v) is 3.93. The number of rotatable bonds is 6. The first-order valence-electron chi connectivity index (χ1n) is 5.31. The summed E-state index contributed by atoms with van der Waals surface area (Å²) in [5.41, 5.74) is 6.16. The minimum Gasteiger partial charge on any atom is -0.484 e. The molecule has 0 unspecified atom stereocenters. The van der Waals surface area contributed by atoms with Gasteiger partial charge in [-0.1, -0.05) is 26.0 Å². The lowest BCUT2D eigenvalue weighted by Gasteiger charge is -2.09. The molecule has 0 saturated heterocycles. The van der Waals surface area contributed by atoms with Gasteiger partial charge in [0.25, 0.3) is 5.91 Å². The molecule has 0 aliphatic rings. The topological polar surface area (TPSA) is 64.3 Å². The highest BCUT2D eigenvalue weighted by Gasteiger charge is 1.98. The maximum absolute atomic E-state index is 10.5. The Kier molecular flexibility index (Phi) is 4.79. The largest absolute Gasteiger partial charge is 0.484 e. The molecule has 0 fully saturated rings. The van der Waals surface area contributed by atoms with Gasteiger partial charge in [0.1, 0.15) is 5.75 Å². The Balaban J connectivity index is 2.44. The van der Waals surface area contributed by atoms with Gasteiger partial charge in [-0.3, -0.25) is 4.79 Å². The lowest BCUT2D eigenvalue weighted by molar-refractivity contribution is -0.119. The average Bonchev–Trinajstić information content (AvgIpc) is 2.25. The molecule has 0 bridgehead atoms. The molecule has 0 heterocycles. The van der Waals surface area contributed by atoms with Crippen molar-refractivity contribution in [2.45, 2.75) is 26.4 Å². The standard InChI is InChI=1S/C12H18N2O2/c1-9(2)14-7-10-3-5-11(6-4-10)16-8-12(13)15/h3-6,9,14H,7-8H2,1-2H3,(H2,13,15). The Bertz CT molecular complexity index is 333. The first-order valence-corrected chi connectivity index (χ1v) is 5.31. The zero-order valence-corrected chi connectivity index (χ0v) is 9.69. The first-order chi connectivity index (χ1) is 7.58. The first kappa shape index (κ1) is 12.5. The van der Waals surface area contributed by atoms with Crippen molar-refractivity contribution in [3.63, 3.8) is 0 Å². The number of primary amides is 1. The molecule has 3 N–H and O–H groups in total. The third-order valence-electron chi connectivity index (χ3n) is 2.02. The van der Waals surface area contributed by atoms with Crippen LogP contribution in [0.2, 0.25) is 0 Å². The molecule has 0 aromatic heterocycles. The van der Waals surface area contributed by atoms with Gasteiger partial charge >= 0.3 is 0 Å². The van der Waals surface area contributed by atoms with E-state index in [4.69, 9.17) is 10.5 Å². The van der Waals surface area contributed by atoms with Crippen LogP contribution >= 0.6 is 0 Å². The fourth-order valence-electron chi connectivity index (χ4n) is 1.18. The number of carbonyl (C=O) groups is 1. The van der Waals surface area contributed by atoms with Crippen molar-refractivity contribution in [2.75, 3.05) is 6.61 Å². The molecule has 0 saturated carbocycles. The predicted molar refractivity (Wildman–Crippen MR) is 63.1 cm³/mol. The quantitative estimate of drug-likeness (QED) is 0.756. The molecule has 1 aromatic carbocycles. The van der Waals surface area contributed by atoms with Gasteiger partial charge in [0.05, 0.1) is 0 Å². The molecule has 1 amide bonds. The van der Waals surface area contributed by atoms with E-state index >= 15 is 0 Å². The summed E-state index contributed by atoms with van der Waals surface area (Å²) in [6.45, 7) is 4.95. The summed E-state index contributed by atoms with van der Waals surface area (Å²) in [5.74, 6) is 0.192. The van der Waals surface area contributed by atoms with Crippen LogP contribution in [-0.2, 0) is 11.3 Å². The van der Waals surface area contributed by atoms with Gasteiger partial charge in [0.2, 0.25) is 0 Å². The second-order valence-electron chi connectivity index (χ2n) is 3.93. The number of nitrogens with two attached hydrogens (primary N) is 1. The number of hydrogen-bond donors (Lipinski definition) is 2. The SMILES string of the molecule is CC(C)NCc1ccc(OCC(N)=O)cc1. The van der Waals surface area contributed by atoms with Crippen molar-refractivity contribution in [2.24, 2.45) is 5.73 Å². The van der Waals surface area contributed by atoms with Crippen LogP contribution in [0, 0.1) is 0 Å². The van der Waals surface area contributed by atoms with Gasteiger partial charge in [0, 0.05) is 12.6 Å². The highest BCUT2D eigenvalue weighted by Crippen LogP contribution is 2.11. The van der Waals surface area contributed by atoms with E-state index in [0.29, 0.717) is 11.8 Å². The van der Waals surface area contributed by atoms with Crippen molar-refractivity contribution >= 4 is 5.91 Å². The summed E-state index contributed by atoms with van der Waals surface area (Å²) in [4.78, 5) is 10.5. The molecular weight excluding hydrogens is 204 g/mol. The zero-order valence-electron chi connectivity index (χ0n) is 9.69. The highest BCUT2D eigenvalue weighted by molar-refractivity contribution is 5.75. The Morgan fingerprint density at radius 1 is 1.38 bits per heavy atom. The number of amides is 1. The minimum atomic E-state index is -0.467. The summed E-state index contributed by atoms with van der Waals surface area (Å²) < 4.78 is 5.15. The summed E-state index contributed by atoms with van der Waals surface area (Å²) in [7, 11) is 0. The van der Waals surface area contributed by atoms with Crippen molar-refractivity contribution < 1.29 is 9.53 Å². The molecule has 0 aliphatic heterocycles. The van der Waals surface area contributed by atoms with E-state index in [1.54, 1.807) is 0 Å². The molecular formula is C12H18N2O2. The number of ether oxygens (including phenoxy) is 1. The molecule has 0 aliphatic carbocycles. The van der Waals surface area contributed by atoms with Crippen molar-refractivity contribution in [1.82, 2.24) is 5.32 Å². The van der Waals surface area contributed by atoms with Gasteiger partial charge in [-0.2, -0.15) is 0 Å². The van der Waals surface area contributed by atoms with Crippen LogP contribution in [0.3, 0.4) is 0 Å². The third kappa shape index (κ3) is 4.79. The molecule has 0 radical (unpaired) electrons. The highest BCUT2D eigenvalue weighted by atomic mass is 16.5. The van der Waals surface area contributed by atoms with Gasteiger partial charge < -0.3 is 15.8 Å². The average molecular weight is 222 g/mol. The van der Waals surface area contributed by atoms with Crippen LogP contribution < -0.4 is 15.8 Å². The minimum absolute atomic E-state index is 0.0798. The van der Waals surface area contributed by atoms with E-state index in [1.807, 2.05) is 24.3 Å². The normalized spacial score (nSPS) is 10.4. The Labute approximate surface area is 95.8 Å². The summed E-state index contributed by atoms with van der Waals surface area (Å²) >= 11 is 0. The van der Waals surface area contributed by atoms with Gasteiger partial charge in [-0.25, -0.2) is 0 Å². The van der Waals surface area contributed by atoms with E-state index < -0.39 is 5.91 Å². The number of benzene rings is 1. The van der Waals surface area contributed by atoms with E-state index in [2.05, 4.69) is 19.2 Å². The molecule has 4 nitrogen and oxygen atoms in total. The van der Waals surface area contributed by atoms with Crippen molar-refractivity contribution in [3.05, 3.63) is 29.8 Å². The van der Waals surface area contributed by atoms with Gasteiger partial charge in [-0.15, -0.1) is 0 Å². The van der Waals surface area contributed by atoms with Gasteiger partial charge in [-0.05, 0) is 17.7 Å². The molecule has 0 atom stereocenters. The second kappa shape index (κ2) is 6.12. The maximum Gasteiger partial charge on any atom is 0.255 e. The van der Waals surface area contributed by atoms with Crippen LogP contribution in [-0.4, -0.2) is 18.6 Å². The summed E-state index contributed by atoms with van der Waals surface area (Å²) in [6, 6.07) is 8.06. The van der Waals surface area contributed by atoms with Crippen molar-refractivity contribution in [1.29, 1.82) is 0 Å². The van der Waals surface area contributed by atoms with Crippen LogP contribution in [0.5, 0.6) is 5.75 Å². The maximum atomic E-state index is 10.5. The van der Waals surface area contributed by atoms with E-state index in [1.165, 1.54) is 5.56 Å². The fourth-order valence-corrected chi connectivity index (χ4v) is 1.18. The number of hydrogen-bond acceptors (Lipinski definition) is 3. The van der Waals surface area contributed by atoms with E-state index in [0.717, 1.165) is 6.54 Å². The third-order valence-corrected chi connectivity index (χ3v) is 2.02. The Hall–Kier alpha value is -1.55. The Morgan fingerprint density at radius 2 is 2.00 bits per heavy atom. The predicted octanol–water partition coefficient (Wildman–Crippen LogP) is 1.05. The fraction of sp³-hybridized carbons (Fsp3) is 0.417. The van der Waals surface area contributed by atoms with Crippen molar-refractivity contribution in [3.8, 4) is 5.75 Å². The zero-order chi connectivity index (χ0) is 12.0. The van der Waals surface area contributed by atoms with Gasteiger partial charge in [0.15, 0.2) is 6.61 Å². The van der Waals surface area contributed by atoms with E-state index in [-0.39, 0.29) is 6.61 Å². The lowest BCUT2D eigenvalue weighted by Crippen LogP contribution is -2.21. The summed E-state index contributed by atoms with van der Waals surface area (Å²) in [5, 5.41) is 3.32. The number of carbonyl (C=O) groups excluding carboxylic acids is 1. The molecule has 4 heteroatoms. The lowest BCUT2D eigenvalue weighted by atomic mass is 10.2. The number of nitrogens with one attached hydrogen (secondary N) is 1. The Morgan fingerprint density at radius 3 is 2.50 bits per heavy atom. The van der Waals surface area contributed by atoms with Crippen LogP contribution in [0.4, 0.5) is 0 Å². The molecule has 88 valence electrons. The van der Waals surface area contributed by atoms with Crippen LogP contribution in [0.25, 0.3) is 0 Å². The monoisotopic (exact) mass is 222 g/mol. The van der Waals surface area contributed by atoms with E-state index in [9.17, 15) is 4.79 Å². The van der Waals surface area contributed by atoms with Crippen LogP contribution in [0.15, 0.2) is 24.3 Å². The van der Waals surface area contributed by atoms with Crippen LogP contribution in [0.1, 0.15) is 19.4 Å². The smallest absolute Gasteiger partial charge is 0.255 e. The molecule has 1 aromatic rings. The molecule has 0 spiro atoms. The summed E-state index contributed by atoms with van der Waals surface area (Å²) in [6.07, 6.45) is 0. The molecule has 1 rings (SSSR count). The molecule has 16 heavy (non-hydrogen) atoms.